The summed E-state index contributed by atoms with van der Waals surface area (Å²) < 4.78 is 0. The van der Waals surface area contributed by atoms with Crippen molar-refractivity contribution >= 4 is 11.4 Å². The molecule has 0 saturated carbocycles. The number of para-hydroxylation sites is 1. The summed E-state index contributed by atoms with van der Waals surface area (Å²) in [5.41, 5.74) is 5.49. The number of hydrazine groups is 1. The molecule has 0 aromatic heterocycles. The Morgan fingerprint density at radius 2 is 2.23 bits per heavy atom. The molecule has 4 nitrogen and oxygen atoms in total. The lowest BCUT2D eigenvalue weighted by molar-refractivity contribution is 0.174. The van der Waals surface area contributed by atoms with E-state index in [1.165, 1.54) is 0 Å². The van der Waals surface area contributed by atoms with Crippen molar-refractivity contribution in [3.05, 3.63) is 29.8 Å². The van der Waals surface area contributed by atoms with Gasteiger partial charge in [-0.3, -0.25) is 5.84 Å². The molecule has 0 bridgehead atoms. The summed E-state index contributed by atoms with van der Waals surface area (Å²) in [4.78, 5) is 4.93. The number of benzene rings is 1. The number of nitrogens with zero attached hydrogens (tertiary/aromatic N) is 1. The third-order valence-corrected chi connectivity index (χ3v) is 2.00. The first kappa shape index (κ1) is 8.07. The molecular formula is C9H11N3O. The predicted octanol–water partition coefficient (Wildman–Crippen LogP) is 1.10. The summed E-state index contributed by atoms with van der Waals surface area (Å²) in [7, 11) is 0. The number of oxime groups is 1. The van der Waals surface area contributed by atoms with Crippen LogP contribution in [0.3, 0.4) is 0 Å². The molecule has 13 heavy (non-hydrogen) atoms. The van der Waals surface area contributed by atoms with Crippen molar-refractivity contribution in [2.45, 2.75) is 6.42 Å². The number of nitrogen functional groups attached to an aromatic ring is 1. The summed E-state index contributed by atoms with van der Waals surface area (Å²) >= 11 is 0. The Balaban J connectivity index is 2.38. The van der Waals surface area contributed by atoms with Crippen LogP contribution in [0.2, 0.25) is 0 Å². The summed E-state index contributed by atoms with van der Waals surface area (Å²) in [5, 5.41) is 3.94. The van der Waals surface area contributed by atoms with Crippen LogP contribution < -0.4 is 11.3 Å². The zero-order chi connectivity index (χ0) is 9.10. The molecule has 1 heterocycles. The number of nitrogens with two attached hydrogens (primary N) is 1. The zero-order valence-electron chi connectivity index (χ0n) is 7.16. The van der Waals surface area contributed by atoms with Crippen molar-refractivity contribution in [3.8, 4) is 0 Å². The summed E-state index contributed by atoms with van der Waals surface area (Å²) in [5.74, 6) is 5.37. The van der Waals surface area contributed by atoms with Gasteiger partial charge in [-0.05, 0) is 6.07 Å². The third kappa shape index (κ3) is 1.48. The van der Waals surface area contributed by atoms with Crippen molar-refractivity contribution in [1.29, 1.82) is 0 Å². The topological polar surface area (TPSA) is 59.6 Å². The average Bonchev–Trinajstić information content (AvgIpc) is 2.70. The highest BCUT2D eigenvalue weighted by atomic mass is 16.6. The second kappa shape index (κ2) is 3.45. The van der Waals surface area contributed by atoms with Gasteiger partial charge in [-0.25, -0.2) is 0 Å². The average molecular weight is 177 g/mol. The van der Waals surface area contributed by atoms with Crippen LogP contribution in [0.1, 0.15) is 12.0 Å². The molecule has 0 amide bonds. The first-order valence-corrected chi connectivity index (χ1v) is 4.16. The van der Waals surface area contributed by atoms with E-state index in [4.69, 9.17) is 10.7 Å². The minimum atomic E-state index is 0.661. The lowest BCUT2D eigenvalue weighted by Gasteiger charge is -2.05. The van der Waals surface area contributed by atoms with Crippen LogP contribution in [0, 0.1) is 0 Å². The van der Waals surface area contributed by atoms with Gasteiger partial charge in [0.15, 0.2) is 0 Å². The van der Waals surface area contributed by atoms with Gasteiger partial charge >= 0.3 is 0 Å². The number of hydrogen-bond acceptors (Lipinski definition) is 4. The van der Waals surface area contributed by atoms with Crippen LogP contribution in [-0.2, 0) is 4.84 Å². The molecule has 1 aliphatic rings. The van der Waals surface area contributed by atoms with Crippen LogP contribution in [0.25, 0.3) is 0 Å². The van der Waals surface area contributed by atoms with E-state index in [9.17, 15) is 0 Å². The molecule has 4 heteroatoms. The van der Waals surface area contributed by atoms with Gasteiger partial charge in [0.05, 0.1) is 11.4 Å². The van der Waals surface area contributed by atoms with Crippen molar-refractivity contribution < 1.29 is 4.84 Å². The maximum absolute atomic E-state index is 5.37. The van der Waals surface area contributed by atoms with Crippen molar-refractivity contribution in [2.24, 2.45) is 11.0 Å². The molecule has 0 fully saturated rings. The van der Waals surface area contributed by atoms with E-state index in [0.29, 0.717) is 6.61 Å². The van der Waals surface area contributed by atoms with Crippen molar-refractivity contribution in [3.63, 3.8) is 0 Å². The zero-order valence-corrected chi connectivity index (χ0v) is 7.16. The maximum Gasteiger partial charge on any atom is 0.122 e. The van der Waals surface area contributed by atoms with Crippen LogP contribution in [0.5, 0.6) is 0 Å². The van der Waals surface area contributed by atoms with Crippen LogP contribution in [0.15, 0.2) is 29.4 Å². The van der Waals surface area contributed by atoms with Gasteiger partial charge in [-0.2, -0.15) is 0 Å². The van der Waals surface area contributed by atoms with Gasteiger partial charge in [-0.1, -0.05) is 23.4 Å². The molecule has 1 aromatic carbocycles. The SMILES string of the molecule is NNc1ccccc1C1=NOCC1. The standard InChI is InChI=1S/C9H11N3O/c10-11-8-4-2-1-3-7(8)9-5-6-13-12-9/h1-4,11H,5-6,10H2. The molecule has 0 radical (unpaired) electrons. The van der Waals surface area contributed by atoms with E-state index in [2.05, 4.69) is 10.6 Å². The molecule has 68 valence electrons. The molecule has 0 spiro atoms. The molecule has 1 aliphatic heterocycles. The molecule has 0 aliphatic carbocycles. The first-order valence-electron chi connectivity index (χ1n) is 4.16. The van der Waals surface area contributed by atoms with E-state index in [1.54, 1.807) is 0 Å². The fourth-order valence-corrected chi connectivity index (χ4v) is 1.36. The van der Waals surface area contributed by atoms with Gasteiger partial charge in [0.1, 0.15) is 6.61 Å². The second-order valence-electron chi connectivity index (χ2n) is 2.81. The lowest BCUT2D eigenvalue weighted by Crippen LogP contribution is -2.11. The summed E-state index contributed by atoms with van der Waals surface area (Å²) in [6.45, 7) is 0.661. The molecule has 0 saturated heterocycles. The van der Waals surface area contributed by atoms with Crippen LogP contribution in [0.4, 0.5) is 5.69 Å². The highest BCUT2D eigenvalue weighted by molar-refractivity contribution is 6.05. The first-order chi connectivity index (χ1) is 6.42. The quantitative estimate of drug-likeness (QED) is 0.525. The Labute approximate surface area is 76.3 Å². The van der Waals surface area contributed by atoms with Gasteiger partial charge < -0.3 is 10.3 Å². The van der Waals surface area contributed by atoms with E-state index >= 15 is 0 Å². The summed E-state index contributed by atoms with van der Waals surface area (Å²) in [6, 6.07) is 7.77. The van der Waals surface area contributed by atoms with Gasteiger partial charge in [0, 0.05) is 12.0 Å². The van der Waals surface area contributed by atoms with E-state index < -0.39 is 0 Å². The molecular weight excluding hydrogens is 166 g/mol. The highest BCUT2D eigenvalue weighted by Crippen LogP contribution is 2.18. The van der Waals surface area contributed by atoms with Crippen molar-refractivity contribution in [1.82, 2.24) is 0 Å². The largest absolute Gasteiger partial charge is 0.395 e. The van der Waals surface area contributed by atoms with E-state index in [1.807, 2.05) is 24.3 Å². The molecule has 0 atom stereocenters. The Morgan fingerprint density at radius 3 is 2.92 bits per heavy atom. The minimum absolute atomic E-state index is 0.661. The Hall–Kier alpha value is -1.55. The second-order valence-corrected chi connectivity index (χ2v) is 2.81. The third-order valence-electron chi connectivity index (χ3n) is 2.00. The smallest absolute Gasteiger partial charge is 0.122 e. The monoisotopic (exact) mass is 177 g/mol. The number of hydrogen-bond donors (Lipinski definition) is 2. The van der Waals surface area contributed by atoms with E-state index in [0.717, 1.165) is 23.4 Å². The number of nitrogens with one attached hydrogen (secondary N) is 1. The normalized spacial score (nSPS) is 15.0. The van der Waals surface area contributed by atoms with Crippen LogP contribution >= 0.6 is 0 Å². The van der Waals surface area contributed by atoms with Crippen LogP contribution in [-0.4, -0.2) is 12.3 Å². The Morgan fingerprint density at radius 1 is 1.38 bits per heavy atom. The van der Waals surface area contributed by atoms with Gasteiger partial charge in [-0.15, -0.1) is 0 Å². The van der Waals surface area contributed by atoms with Gasteiger partial charge in [0.25, 0.3) is 0 Å². The molecule has 0 unspecified atom stereocenters. The van der Waals surface area contributed by atoms with Gasteiger partial charge in [0.2, 0.25) is 0 Å². The lowest BCUT2D eigenvalue weighted by atomic mass is 10.1. The number of anilines is 1. The highest BCUT2D eigenvalue weighted by Gasteiger charge is 2.13. The fourth-order valence-electron chi connectivity index (χ4n) is 1.36. The maximum atomic E-state index is 5.37. The van der Waals surface area contributed by atoms with Crippen molar-refractivity contribution in [2.75, 3.05) is 12.0 Å². The Kier molecular flexibility index (Phi) is 2.14. The molecule has 2 rings (SSSR count). The molecule has 1 aromatic rings. The predicted molar refractivity (Wildman–Crippen MR) is 51.4 cm³/mol. The Bertz CT molecular complexity index is 335. The van der Waals surface area contributed by atoms with E-state index in [-0.39, 0.29) is 0 Å². The molecule has 3 N–H and O–H groups in total. The number of rotatable bonds is 2. The fraction of sp³-hybridized carbons (Fsp3) is 0.222. The minimum Gasteiger partial charge on any atom is -0.395 e. The summed E-state index contributed by atoms with van der Waals surface area (Å²) in [6.07, 6.45) is 0.846.